The van der Waals surface area contributed by atoms with Crippen LogP contribution in [0.1, 0.15) is 16.2 Å². The summed E-state index contributed by atoms with van der Waals surface area (Å²) >= 11 is 5.77. The van der Waals surface area contributed by atoms with Gasteiger partial charge in [-0.2, -0.15) is 15.0 Å². The lowest BCUT2D eigenvalue weighted by Gasteiger charge is -2.05. The molecule has 0 aliphatic rings. The van der Waals surface area contributed by atoms with Gasteiger partial charge in [0.1, 0.15) is 0 Å². The second-order valence-electron chi connectivity index (χ2n) is 3.55. The van der Waals surface area contributed by atoms with Gasteiger partial charge in [-0.05, 0) is 18.2 Å². The molecule has 0 radical (unpaired) electrons. The Morgan fingerprint density at radius 2 is 1.89 bits per heavy atom. The monoisotopic (exact) mass is 279 g/mol. The Labute approximate surface area is 113 Å². The van der Waals surface area contributed by atoms with Crippen LogP contribution in [0.5, 0.6) is 0 Å². The fourth-order valence-corrected chi connectivity index (χ4v) is 1.54. The van der Waals surface area contributed by atoms with Crippen LogP contribution in [-0.2, 0) is 11.3 Å². The zero-order valence-corrected chi connectivity index (χ0v) is 10.5. The third kappa shape index (κ3) is 3.52. The third-order valence-corrected chi connectivity index (χ3v) is 2.34. The van der Waals surface area contributed by atoms with Crippen LogP contribution in [0.15, 0.2) is 24.3 Å². The van der Waals surface area contributed by atoms with Crippen LogP contribution in [-0.4, -0.2) is 20.9 Å². The highest BCUT2D eigenvalue weighted by molar-refractivity contribution is 6.30. The molecule has 0 fully saturated rings. The minimum atomic E-state index is -0.542. The first-order valence-electron chi connectivity index (χ1n) is 5.23. The van der Waals surface area contributed by atoms with Crippen LogP contribution in [0.3, 0.4) is 0 Å². The molecule has 2 rings (SSSR count). The third-order valence-electron chi connectivity index (χ3n) is 2.11. The van der Waals surface area contributed by atoms with E-state index in [-0.39, 0.29) is 24.3 Å². The number of nitrogens with zero attached hydrogens (tertiary/aromatic N) is 3. The van der Waals surface area contributed by atoms with Crippen molar-refractivity contribution in [2.24, 2.45) is 0 Å². The normalized spacial score (nSPS) is 10.2. The lowest BCUT2D eigenvalue weighted by Crippen LogP contribution is -2.11. The summed E-state index contributed by atoms with van der Waals surface area (Å²) in [4.78, 5) is 22.9. The van der Waals surface area contributed by atoms with Crippen molar-refractivity contribution in [2.75, 3.05) is 11.5 Å². The Bertz CT molecular complexity index is 600. The maximum absolute atomic E-state index is 11.7. The van der Waals surface area contributed by atoms with E-state index < -0.39 is 5.97 Å². The summed E-state index contributed by atoms with van der Waals surface area (Å²) in [6.07, 6.45) is 0. The molecule has 0 saturated carbocycles. The topological polar surface area (TPSA) is 117 Å². The fraction of sp³-hybridized carbons (Fsp3) is 0.0909. The molecule has 4 N–H and O–H groups in total. The molecular formula is C11H10ClN5O2. The summed E-state index contributed by atoms with van der Waals surface area (Å²) in [6.45, 7) is -0.151. The van der Waals surface area contributed by atoms with Gasteiger partial charge in [0, 0.05) is 5.02 Å². The highest BCUT2D eigenvalue weighted by Crippen LogP contribution is 2.12. The van der Waals surface area contributed by atoms with Crippen molar-refractivity contribution >= 4 is 29.5 Å². The lowest BCUT2D eigenvalue weighted by atomic mass is 10.2. The van der Waals surface area contributed by atoms with E-state index in [1.165, 1.54) is 6.07 Å². The number of benzene rings is 1. The molecule has 0 amide bonds. The van der Waals surface area contributed by atoms with E-state index in [9.17, 15) is 4.79 Å². The van der Waals surface area contributed by atoms with E-state index in [0.29, 0.717) is 10.6 Å². The van der Waals surface area contributed by atoms with E-state index in [1.807, 2.05) is 0 Å². The number of esters is 1. The quantitative estimate of drug-likeness (QED) is 0.806. The van der Waals surface area contributed by atoms with E-state index >= 15 is 0 Å². The molecule has 0 aliphatic heterocycles. The first kappa shape index (κ1) is 13.0. The summed E-state index contributed by atoms with van der Waals surface area (Å²) in [7, 11) is 0. The molecule has 1 aromatic heterocycles. The van der Waals surface area contributed by atoms with Crippen molar-refractivity contribution in [3.63, 3.8) is 0 Å². The number of nitrogens with two attached hydrogens (primary N) is 2. The molecule has 0 bridgehead atoms. The minimum Gasteiger partial charge on any atom is -0.454 e. The Morgan fingerprint density at radius 1 is 1.21 bits per heavy atom. The van der Waals surface area contributed by atoms with Gasteiger partial charge in [-0.25, -0.2) is 4.79 Å². The van der Waals surface area contributed by atoms with Crippen LogP contribution in [0.4, 0.5) is 11.9 Å². The average Bonchev–Trinajstić information content (AvgIpc) is 2.35. The SMILES string of the molecule is Nc1nc(N)nc(COC(=O)c2cccc(Cl)c2)n1. The van der Waals surface area contributed by atoms with E-state index in [2.05, 4.69) is 15.0 Å². The molecule has 0 spiro atoms. The summed E-state index contributed by atoms with van der Waals surface area (Å²) in [6, 6.07) is 6.40. The molecule has 7 nitrogen and oxygen atoms in total. The molecule has 0 aliphatic carbocycles. The summed E-state index contributed by atoms with van der Waals surface area (Å²) in [5.41, 5.74) is 11.1. The molecule has 1 heterocycles. The van der Waals surface area contributed by atoms with Gasteiger partial charge in [0.05, 0.1) is 5.56 Å². The predicted octanol–water partition coefficient (Wildman–Crippen LogP) is 1.05. The van der Waals surface area contributed by atoms with Gasteiger partial charge in [0.25, 0.3) is 0 Å². The Kier molecular flexibility index (Phi) is 3.76. The summed E-state index contributed by atoms with van der Waals surface area (Å²) in [5, 5.41) is 0.447. The van der Waals surface area contributed by atoms with Crippen molar-refractivity contribution in [1.29, 1.82) is 0 Å². The molecular weight excluding hydrogens is 270 g/mol. The van der Waals surface area contributed by atoms with Crippen LogP contribution >= 0.6 is 11.6 Å². The van der Waals surface area contributed by atoms with Crippen LogP contribution in [0.25, 0.3) is 0 Å². The molecule has 19 heavy (non-hydrogen) atoms. The van der Waals surface area contributed by atoms with Crippen LogP contribution < -0.4 is 11.5 Å². The lowest BCUT2D eigenvalue weighted by molar-refractivity contribution is 0.0462. The minimum absolute atomic E-state index is 0.0266. The highest BCUT2D eigenvalue weighted by Gasteiger charge is 2.09. The number of ether oxygens (including phenoxy) is 1. The van der Waals surface area contributed by atoms with Crippen molar-refractivity contribution < 1.29 is 9.53 Å². The molecule has 1 aromatic carbocycles. The Balaban J connectivity index is 2.04. The maximum Gasteiger partial charge on any atom is 0.338 e. The number of hydrogen-bond donors (Lipinski definition) is 2. The first-order chi connectivity index (χ1) is 9.04. The maximum atomic E-state index is 11.7. The number of carbonyl (C=O) groups is 1. The number of carbonyl (C=O) groups excluding carboxylic acids is 1. The Morgan fingerprint density at radius 3 is 2.53 bits per heavy atom. The highest BCUT2D eigenvalue weighted by atomic mass is 35.5. The van der Waals surface area contributed by atoms with Crippen LogP contribution in [0.2, 0.25) is 5.02 Å². The standard InChI is InChI=1S/C11H10ClN5O2/c12-7-3-1-2-6(4-7)9(18)19-5-8-15-10(13)17-11(14)16-8/h1-4H,5H2,(H4,13,14,15,16,17). The zero-order valence-electron chi connectivity index (χ0n) is 9.71. The van der Waals surface area contributed by atoms with E-state index in [0.717, 1.165) is 0 Å². The van der Waals surface area contributed by atoms with Gasteiger partial charge in [0.15, 0.2) is 12.4 Å². The van der Waals surface area contributed by atoms with Gasteiger partial charge in [-0.1, -0.05) is 17.7 Å². The number of rotatable bonds is 3. The number of anilines is 2. The Hall–Kier alpha value is -2.41. The van der Waals surface area contributed by atoms with Crippen molar-refractivity contribution in [1.82, 2.24) is 15.0 Å². The smallest absolute Gasteiger partial charge is 0.338 e. The van der Waals surface area contributed by atoms with Crippen molar-refractivity contribution in [2.45, 2.75) is 6.61 Å². The molecule has 0 unspecified atom stereocenters. The van der Waals surface area contributed by atoms with E-state index in [1.54, 1.807) is 18.2 Å². The van der Waals surface area contributed by atoms with Gasteiger partial charge in [-0.3, -0.25) is 0 Å². The van der Waals surface area contributed by atoms with Crippen molar-refractivity contribution in [3.8, 4) is 0 Å². The average molecular weight is 280 g/mol. The molecule has 8 heteroatoms. The van der Waals surface area contributed by atoms with Gasteiger partial charge in [0.2, 0.25) is 11.9 Å². The number of nitrogen functional groups attached to an aromatic ring is 2. The van der Waals surface area contributed by atoms with Crippen LogP contribution in [0, 0.1) is 0 Å². The van der Waals surface area contributed by atoms with E-state index in [4.69, 9.17) is 27.8 Å². The number of hydrogen-bond acceptors (Lipinski definition) is 7. The molecule has 98 valence electrons. The second kappa shape index (κ2) is 5.49. The van der Waals surface area contributed by atoms with Crippen molar-refractivity contribution in [3.05, 3.63) is 40.7 Å². The largest absolute Gasteiger partial charge is 0.454 e. The van der Waals surface area contributed by atoms with Gasteiger partial charge < -0.3 is 16.2 Å². The first-order valence-corrected chi connectivity index (χ1v) is 5.61. The number of aromatic nitrogens is 3. The molecule has 2 aromatic rings. The molecule has 0 saturated heterocycles. The fourth-order valence-electron chi connectivity index (χ4n) is 1.35. The summed E-state index contributed by atoms with van der Waals surface area (Å²) in [5.74, 6) is -0.414. The zero-order chi connectivity index (χ0) is 13.8. The summed E-state index contributed by atoms with van der Waals surface area (Å²) < 4.78 is 5.02. The van der Waals surface area contributed by atoms with Gasteiger partial charge in [-0.15, -0.1) is 0 Å². The predicted molar refractivity (Wildman–Crippen MR) is 69.2 cm³/mol. The second-order valence-corrected chi connectivity index (χ2v) is 3.99. The number of halogens is 1. The van der Waals surface area contributed by atoms with Gasteiger partial charge >= 0.3 is 5.97 Å². The molecule has 0 atom stereocenters.